The summed E-state index contributed by atoms with van der Waals surface area (Å²) in [5.74, 6) is -2.89. The van der Waals surface area contributed by atoms with Crippen molar-refractivity contribution < 1.29 is 28.3 Å². The molecule has 1 heterocycles. The maximum atomic E-state index is 13.6. The Balaban J connectivity index is 2.37. The number of alkyl halides is 1. The van der Waals surface area contributed by atoms with Crippen LogP contribution in [0, 0.1) is 32.5 Å². The van der Waals surface area contributed by atoms with Gasteiger partial charge < -0.3 is 20.3 Å². The number of nitrogens with one attached hydrogen (secondary N) is 2. The van der Waals surface area contributed by atoms with Gasteiger partial charge in [0.05, 0.1) is 23.6 Å². The number of hydrogen-bond acceptors (Lipinski definition) is 4. The number of ketones is 1. The van der Waals surface area contributed by atoms with Crippen molar-refractivity contribution in [3.05, 3.63) is 64.4 Å². The molecular weight excluding hydrogens is 456 g/mol. The van der Waals surface area contributed by atoms with Crippen molar-refractivity contribution in [1.82, 2.24) is 9.88 Å². The minimum atomic E-state index is -0.889. The van der Waals surface area contributed by atoms with E-state index in [1.54, 1.807) is 20.8 Å². The molecule has 0 aliphatic carbocycles. The Morgan fingerprint density at radius 2 is 1.86 bits per heavy atom. The van der Waals surface area contributed by atoms with Crippen molar-refractivity contribution in [1.29, 1.82) is 0 Å². The van der Waals surface area contributed by atoms with Crippen LogP contribution in [0.2, 0.25) is 0 Å². The zero-order valence-corrected chi connectivity index (χ0v) is 20.8. The van der Waals surface area contributed by atoms with E-state index in [1.807, 2.05) is 6.92 Å². The SMILES string of the molecule is C=C(O)CC(CC)[C@H](C)NC(=O)C(=O)c1c(C)c(C(=O)Nc2ccc(F)c(C)c2)c(C)n1CCF. The van der Waals surface area contributed by atoms with Gasteiger partial charge in [-0.15, -0.1) is 0 Å². The molecule has 2 amide bonds. The number of Topliss-reactive ketones (excluding diaryl/α,β-unsaturated/α-hetero) is 1. The minimum Gasteiger partial charge on any atom is -0.513 e. The summed E-state index contributed by atoms with van der Waals surface area (Å²) in [7, 11) is 0. The first-order chi connectivity index (χ1) is 16.4. The fraction of sp³-hybridized carbons (Fsp3) is 0.423. The average Bonchev–Trinajstić information content (AvgIpc) is 3.03. The number of aromatic nitrogens is 1. The van der Waals surface area contributed by atoms with Crippen molar-refractivity contribution >= 4 is 23.3 Å². The highest BCUT2D eigenvalue weighted by atomic mass is 19.1. The Bertz CT molecular complexity index is 1140. The van der Waals surface area contributed by atoms with Crippen LogP contribution < -0.4 is 10.6 Å². The third kappa shape index (κ3) is 6.35. The number of halogens is 2. The van der Waals surface area contributed by atoms with Crippen LogP contribution in [0.5, 0.6) is 0 Å². The lowest BCUT2D eigenvalue weighted by molar-refractivity contribution is -0.118. The number of hydrogen-bond donors (Lipinski definition) is 3. The molecule has 0 radical (unpaired) electrons. The first kappa shape index (κ1) is 27.8. The number of aliphatic hydroxyl groups is 1. The predicted molar refractivity (Wildman–Crippen MR) is 131 cm³/mol. The molecular formula is C26H33F2N3O4. The summed E-state index contributed by atoms with van der Waals surface area (Å²) in [4.78, 5) is 39.1. The van der Waals surface area contributed by atoms with Crippen LogP contribution in [0.25, 0.3) is 0 Å². The number of rotatable bonds is 11. The first-order valence-electron chi connectivity index (χ1n) is 11.5. The normalized spacial score (nSPS) is 12.7. The number of nitrogens with zero attached hydrogens (tertiary/aromatic N) is 1. The van der Waals surface area contributed by atoms with Crippen LogP contribution in [-0.2, 0) is 11.3 Å². The number of benzene rings is 1. The van der Waals surface area contributed by atoms with Crippen molar-refractivity contribution in [2.45, 2.75) is 60.0 Å². The van der Waals surface area contributed by atoms with Crippen LogP contribution in [-0.4, -0.2) is 40.0 Å². The van der Waals surface area contributed by atoms with E-state index in [-0.39, 0.29) is 41.5 Å². The van der Waals surface area contributed by atoms with E-state index in [1.165, 1.54) is 29.7 Å². The maximum absolute atomic E-state index is 13.6. The number of allylic oxidation sites excluding steroid dienone is 1. The Labute approximate surface area is 204 Å². The minimum absolute atomic E-state index is 0.0143. The Morgan fingerprint density at radius 1 is 1.20 bits per heavy atom. The van der Waals surface area contributed by atoms with E-state index < -0.39 is 36.1 Å². The zero-order valence-electron chi connectivity index (χ0n) is 20.8. The lowest BCUT2D eigenvalue weighted by Gasteiger charge is -2.23. The second-order valence-corrected chi connectivity index (χ2v) is 8.72. The maximum Gasteiger partial charge on any atom is 0.294 e. The summed E-state index contributed by atoms with van der Waals surface area (Å²) >= 11 is 0. The molecule has 7 nitrogen and oxygen atoms in total. The summed E-state index contributed by atoms with van der Waals surface area (Å²) in [6.45, 7) is 10.8. The van der Waals surface area contributed by atoms with Gasteiger partial charge in [-0.05, 0) is 62.9 Å². The molecule has 0 fully saturated rings. The summed E-state index contributed by atoms with van der Waals surface area (Å²) in [6, 6.07) is 3.68. The van der Waals surface area contributed by atoms with Crippen LogP contribution in [0.1, 0.15) is 64.4 Å². The lowest BCUT2D eigenvalue weighted by Crippen LogP contribution is -2.42. The van der Waals surface area contributed by atoms with Crippen LogP contribution in [0.15, 0.2) is 30.5 Å². The summed E-state index contributed by atoms with van der Waals surface area (Å²) in [6.07, 6.45) is 0.911. The molecule has 0 aliphatic heterocycles. The van der Waals surface area contributed by atoms with Crippen LogP contribution in [0.3, 0.4) is 0 Å². The van der Waals surface area contributed by atoms with Gasteiger partial charge in [0, 0.05) is 23.8 Å². The molecule has 3 N–H and O–H groups in total. The number of aryl methyl sites for hydroxylation is 1. The van der Waals surface area contributed by atoms with Gasteiger partial charge >= 0.3 is 0 Å². The van der Waals surface area contributed by atoms with Crippen molar-refractivity contribution in [2.75, 3.05) is 12.0 Å². The Morgan fingerprint density at radius 3 is 2.40 bits per heavy atom. The third-order valence-electron chi connectivity index (χ3n) is 6.23. The number of carbonyl (C=O) groups excluding carboxylic acids is 3. The van der Waals surface area contributed by atoms with E-state index in [0.717, 1.165) is 0 Å². The largest absolute Gasteiger partial charge is 0.513 e. The molecule has 1 aromatic carbocycles. The standard InChI is InChI=1S/C26H33F2N3O4/c1-7-19(13-15(3)32)17(5)29-26(35)24(33)23-16(4)22(18(6)31(23)11-10-27)25(34)30-20-8-9-21(28)14(2)12-20/h8-9,12,17,19,32H,3,7,10-11,13H2,1-2,4-6H3,(H,29,35)(H,30,34)/t17-,19?/m0/s1. The highest BCUT2D eigenvalue weighted by Gasteiger charge is 2.31. The summed E-state index contributed by atoms with van der Waals surface area (Å²) in [5.41, 5.74) is 1.38. The van der Waals surface area contributed by atoms with Crippen molar-refractivity contribution in [2.24, 2.45) is 5.92 Å². The molecule has 2 rings (SSSR count). The second-order valence-electron chi connectivity index (χ2n) is 8.72. The van der Waals surface area contributed by atoms with Gasteiger partial charge in [0.2, 0.25) is 0 Å². The average molecular weight is 490 g/mol. The molecule has 0 saturated heterocycles. The summed E-state index contributed by atoms with van der Waals surface area (Å²) < 4.78 is 28.3. The van der Waals surface area contributed by atoms with E-state index in [4.69, 9.17) is 0 Å². The summed E-state index contributed by atoms with van der Waals surface area (Å²) in [5, 5.41) is 14.8. The van der Waals surface area contributed by atoms with Crippen molar-refractivity contribution in [3.8, 4) is 0 Å². The quantitative estimate of drug-likeness (QED) is 0.236. The number of aliphatic hydroxyl groups excluding tert-OH is 1. The van der Waals surface area contributed by atoms with Gasteiger partial charge in [-0.3, -0.25) is 14.4 Å². The molecule has 0 saturated carbocycles. The van der Waals surface area contributed by atoms with Crippen LogP contribution >= 0.6 is 0 Å². The third-order valence-corrected chi connectivity index (χ3v) is 6.23. The molecule has 9 heteroatoms. The Kier molecular flexibility index (Phi) is 9.33. The fourth-order valence-electron chi connectivity index (χ4n) is 4.28. The Hall–Kier alpha value is -3.49. The highest BCUT2D eigenvalue weighted by Crippen LogP contribution is 2.25. The molecule has 2 aromatic rings. The van der Waals surface area contributed by atoms with E-state index >= 15 is 0 Å². The molecule has 0 spiro atoms. The second kappa shape index (κ2) is 11.8. The number of carbonyl (C=O) groups is 3. The van der Waals surface area contributed by atoms with E-state index in [0.29, 0.717) is 23.4 Å². The number of anilines is 1. The van der Waals surface area contributed by atoms with Crippen LogP contribution in [0.4, 0.5) is 14.5 Å². The zero-order chi connectivity index (χ0) is 26.4. The fourth-order valence-corrected chi connectivity index (χ4v) is 4.28. The topological polar surface area (TPSA) is 100 Å². The highest BCUT2D eigenvalue weighted by molar-refractivity contribution is 6.43. The van der Waals surface area contributed by atoms with Gasteiger partial charge in [-0.2, -0.15) is 0 Å². The lowest BCUT2D eigenvalue weighted by atomic mass is 9.93. The van der Waals surface area contributed by atoms with Gasteiger partial charge in [0.1, 0.15) is 12.5 Å². The molecule has 1 unspecified atom stereocenters. The molecule has 190 valence electrons. The number of amides is 2. The molecule has 0 aliphatic rings. The van der Waals surface area contributed by atoms with Gasteiger partial charge in [-0.1, -0.05) is 19.9 Å². The smallest absolute Gasteiger partial charge is 0.294 e. The molecule has 2 atom stereocenters. The first-order valence-corrected chi connectivity index (χ1v) is 11.5. The van der Waals surface area contributed by atoms with Gasteiger partial charge in [0.25, 0.3) is 17.6 Å². The van der Waals surface area contributed by atoms with E-state index in [9.17, 15) is 28.3 Å². The van der Waals surface area contributed by atoms with Crippen molar-refractivity contribution in [3.63, 3.8) is 0 Å². The molecule has 0 bridgehead atoms. The van der Waals surface area contributed by atoms with E-state index in [2.05, 4.69) is 17.2 Å². The predicted octanol–water partition coefficient (Wildman–Crippen LogP) is 4.95. The monoisotopic (exact) mass is 489 g/mol. The molecule has 1 aromatic heterocycles. The van der Waals surface area contributed by atoms with Gasteiger partial charge in [-0.25, -0.2) is 8.78 Å². The van der Waals surface area contributed by atoms with Gasteiger partial charge in [0.15, 0.2) is 0 Å². The molecule has 35 heavy (non-hydrogen) atoms.